The number of aromatic nitrogens is 3. The second-order valence-electron chi connectivity index (χ2n) is 9.77. The number of nitrogens with zero attached hydrogens (tertiary/aromatic N) is 5. The predicted molar refractivity (Wildman–Crippen MR) is 114 cm³/mol. The Hall–Kier alpha value is -1.80. The van der Waals surface area contributed by atoms with Crippen molar-refractivity contribution in [1.82, 2.24) is 19.9 Å². The first-order valence-corrected chi connectivity index (χ1v) is 11.7. The van der Waals surface area contributed by atoms with E-state index in [1.807, 2.05) is 0 Å². The van der Waals surface area contributed by atoms with Crippen molar-refractivity contribution in [3.8, 4) is 6.01 Å². The van der Waals surface area contributed by atoms with Crippen LogP contribution in [0.5, 0.6) is 6.01 Å². The molecule has 0 amide bonds. The van der Waals surface area contributed by atoms with Gasteiger partial charge in [0, 0.05) is 32.3 Å². The highest BCUT2D eigenvalue weighted by Gasteiger charge is 2.49. The molecule has 2 unspecified atom stereocenters. The molecule has 0 N–H and O–H groups in total. The van der Waals surface area contributed by atoms with Gasteiger partial charge in [0.15, 0.2) is 11.0 Å². The fourth-order valence-corrected chi connectivity index (χ4v) is 6.47. The average molecular weight is 450 g/mol. The lowest BCUT2D eigenvalue weighted by Gasteiger charge is -2.34. The van der Waals surface area contributed by atoms with Gasteiger partial charge >= 0.3 is 6.01 Å². The lowest BCUT2D eigenvalue weighted by molar-refractivity contribution is 0.107. The summed E-state index contributed by atoms with van der Waals surface area (Å²) in [7, 11) is 0. The van der Waals surface area contributed by atoms with Crippen LogP contribution in [0.25, 0.3) is 10.9 Å². The normalized spacial score (nSPS) is 32.7. The van der Waals surface area contributed by atoms with Gasteiger partial charge in [-0.1, -0.05) is 11.6 Å². The molecule has 4 fully saturated rings. The van der Waals surface area contributed by atoms with E-state index in [4.69, 9.17) is 21.3 Å². The molecule has 6 nitrogen and oxygen atoms in total. The number of rotatable bonds is 4. The van der Waals surface area contributed by atoms with Crippen LogP contribution >= 0.6 is 11.6 Å². The number of hydrogen-bond donors (Lipinski definition) is 0. The molecule has 2 aromatic rings. The van der Waals surface area contributed by atoms with Crippen LogP contribution < -0.4 is 9.64 Å². The zero-order chi connectivity index (χ0) is 21.2. The summed E-state index contributed by atoms with van der Waals surface area (Å²) in [6, 6.07) is 0.130. The van der Waals surface area contributed by atoms with Crippen LogP contribution in [0.4, 0.5) is 14.6 Å². The molecule has 5 heterocycles. The Labute approximate surface area is 184 Å². The molecule has 0 spiro atoms. The maximum absolute atomic E-state index is 14.9. The SMILES string of the molecule is Fc1c(Cl)ncc2c(N3CC4CCC(C4)C3)nc(OC[C@@]34CCCN3C[C@H](F)C4)nc12. The van der Waals surface area contributed by atoms with Crippen LogP contribution in [0.2, 0.25) is 5.15 Å². The average Bonchev–Trinajstić information content (AvgIpc) is 3.40. The Morgan fingerprint density at radius 1 is 1.19 bits per heavy atom. The summed E-state index contributed by atoms with van der Waals surface area (Å²) >= 11 is 5.95. The molecule has 6 rings (SSSR count). The van der Waals surface area contributed by atoms with E-state index in [0.717, 1.165) is 32.5 Å². The van der Waals surface area contributed by atoms with Crippen LogP contribution in [0, 0.1) is 17.7 Å². The van der Waals surface area contributed by atoms with E-state index < -0.39 is 12.0 Å². The summed E-state index contributed by atoms with van der Waals surface area (Å²) in [6.45, 7) is 3.45. The molecule has 1 saturated carbocycles. The Kier molecular flexibility index (Phi) is 4.72. The van der Waals surface area contributed by atoms with E-state index in [1.54, 1.807) is 6.20 Å². The maximum atomic E-state index is 14.9. The molecular formula is C22H26ClF2N5O. The summed E-state index contributed by atoms with van der Waals surface area (Å²) in [4.78, 5) is 17.5. The van der Waals surface area contributed by atoms with Gasteiger partial charge in [0.05, 0.1) is 10.9 Å². The van der Waals surface area contributed by atoms with Crippen LogP contribution in [0.1, 0.15) is 38.5 Å². The number of hydrogen-bond acceptors (Lipinski definition) is 6. The van der Waals surface area contributed by atoms with E-state index in [9.17, 15) is 8.78 Å². The van der Waals surface area contributed by atoms with Gasteiger partial charge < -0.3 is 9.64 Å². The van der Waals surface area contributed by atoms with Crippen molar-refractivity contribution < 1.29 is 13.5 Å². The van der Waals surface area contributed by atoms with Crippen LogP contribution in [0.15, 0.2) is 6.20 Å². The number of piperidine rings is 1. The second kappa shape index (κ2) is 7.37. The summed E-state index contributed by atoms with van der Waals surface area (Å²) < 4.78 is 35.0. The summed E-state index contributed by atoms with van der Waals surface area (Å²) in [5.41, 5.74) is -0.176. The minimum absolute atomic E-state index is 0.130. The van der Waals surface area contributed by atoms with Gasteiger partial charge in [-0.05, 0) is 50.5 Å². The first-order chi connectivity index (χ1) is 15.0. The smallest absolute Gasteiger partial charge is 0.319 e. The molecule has 0 radical (unpaired) electrons. The number of anilines is 1. The Bertz CT molecular complexity index is 1010. The van der Waals surface area contributed by atoms with Crippen molar-refractivity contribution in [2.45, 2.75) is 50.2 Å². The largest absolute Gasteiger partial charge is 0.461 e. The highest BCUT2D eigenvalue weighted by molar-refractivity contribution is 6.30. The third kappa shape index (κ3) is 3.33. The van der Waals surface area contributed by atoms with Crippen LogP contribution in [-0.4, -0.2) is 64.3 Å². The summed E-state index contributed by atoms with van der Waals surface area (Å²) in [6.07, 6.45) is 6.84. The molecule has 31 heavy (non-hydrogen) atoms. The fraction of sp³-hybridized carbons (Fsp3) is 0.682. The number of alkyl halides is 1. The molecular weight excluding hydrogens is 424 g/mol. The lowest BCUT2D eigenvalue weighted by atomic mass is 9.95. The molecule has 0 aromatic carbocycles. The van der Waals surface area contributed by atoms with Crippen LogP contribution in [0.3, 0.4) is 0 Å². The van der Waals surface area contributed by atoms with Gasteiger partial charge in [0.2, 0.25) is 0 Å². The second-order valence-corrected chi connectivity index (χ2v) is 10.1. The topological polar surface area (TPSA) is 54.4 Å². The van der Waals surface area contributed by atoms with Gasteiger partial charge in [-0.2, -0.15) is 9.97 Å². The zero-order valence-electron chi connectivity index (χ0n) is 17.4. The minimum Gasteiger partial charge on any atom is -0.461 e. The molecule has 2 bridgehead atoms. The molecule has 4 aliphatic rings. The van der Waals surface area contributed by atoms with Crippen molar-refractivity contribution in [2.75, 3.05) is 37.7 Å². The van der Waals surface area contributed by atoms with Gasteiger partial charge in [0.25, 0.3) is 0 Å². The quantitative estimate of drug-likeness (QED) is 0.657. The molecule has 9 heteroatoms. The van der Waals surface area contributed by atoms with E-state index in [1.165, 1.54) is 19.3 Å². The molecule has 4 atom stereocenters. The Morgan fingerprint density at radius 3 is 2.81 bits per heavy atom. The predicted octanol–water partition coefficient (Wildman–Crippen LogP) is 4.01. The van der Waals surface area contributed by atoms with Gasteiger partial charge in [-0.25, -0.2) is 13.8 Å². The van der Waals surface area contributed by atoms with Crippen molar-refractivity contribution in [1.29, 1.82) is 0 Å². The highest BCUT2D eigenvalue weighted by atomic mass is 35.5. The number of halogens is 3. The lowest BCUT2D eigenvalue weighted by Crippen LogP contribution is -2.43. The monoisotopic (exact) mass is 449 g/mol. The molecule has 1 aliphatic carbocycles. The maximum Gasteiger partial charge on any atom is 0.319 e. The third-order valence-electron chi connectivity index (χ3n) is 7.74. The summed E-state index contributed by atoms with van der Waals surface area (Å²) in [5.74, 6) is 1.29. The third-order valence-corrected chi connectivity index (χ3v) is 8.00. The molecule has 166 valence electrons. The Morgan fingerprint density at radius 2 is 2.00 bits per heavy atom. The molecule has 3 aliphatic heterocycles. The van der Waals surface area contributed by atoms with Crippen molar-refractivity contribution in [2.24, 2.45) is 11.8 Å². The van der Waals surface area contributed by atoms with Gasteiger partial charge in [0.1, 0.15) is 24.1 Å². The van der Waals surface area contributed by atoms with Crippen molar-refractivity contribution >= 4 is 28.3 Å². The molecule has 2 aromatic heterocycles. The first kappa shape index (κ1) is 19.9. The van der Waals surface area contributed by atoms with E-state index in [2.05, 4.69) is 19.8 Å². The zero-order valence-corrected chi connectivity index (χ0v) is 18.1. The number of pyridine rings is 1. The van der Waals surface area contributed by atoms with Crippen molar-refractivity contribution in [3.63, 3.8) is 0 Å². The number of ether oxygens (including phenoxy) is 1. The van der Waals surface area contributed by atoms with E-state index in [-0.39, 0.29) is 22.2 Å². The first-order valence-electron chi connectivity index (χ1n) is 11.3. The Balaban J connectivity index is 1.36. The van der Waals surface area contributed by atoms with Gasteiger partial charge in [-0.15, -0.1) is 0 Å². The molecule has 3 saturated heterocycles. The summed E-state index contributed by atoms with van der Waals surface area (Å²) in [5, 5.41) is 0.347. The number of fused-ring (bicyclic) bond motifs is 4. The van der Waals surface area contributed by atoms with Crippen molar-refractivity contribution in [3.05, 3.63) is 17.2 Å². The standard InChI is InChI=1S/C22H26ClF2N5O/c23-19-17(25)18-16(8-26-19)20(29-9-13-2-3-14(6-13)10-29)28-21(27-18)31-12-22-4-1-5-30(22)11-15(24)7-22/h8,13-15H,1-7,9-12H2/t13?,14?,15-,22+/m1/s1. The highest BCUT2D eigenvalue weighted by Crippen LogP contribution is 2.42. The van der Waals surface area contributed by atoms with E-state index in [0.29, 0.717) is 42.6 Å². The fourth-order valence-electron chi connectivity index (χ4n) is 6.33. The van der Waals surface area contributed by atoms with E-state index >= 15 is 0 Å². The van der Waals surface area contributed by atoms with Gasteiger partial charge in [-0.3, -0.25) is 4.90 Å². The minimum atomic E-state index is -0.830. The van der Waals surface area contributed by atoms with Crippen LogP contribution in [-0.2, 0) is 0 Å².